The number of hydrogen-bond donors (Lipinski definition) is 0. The Balaban J connectivity index is 1.99. The molecule has 0 atom stereocenters. The molecule has 0 aromatic carbocycles. The quantitative estimate of drug-likeness (QED) is 0.512. The monoisotopic (exact) mass is 345 g/mol. The molecule has 7 nitrogen and oxygen atoms in total. The van der Waals surface area contributed by atoms with E-state index in [-0.39, 0.29) is 18.1 Å². The van der Waals surface area contributed by atoms with Crippen LogP contribution in [-0.4, -0.2) is 37.9 Å². The Bertz CT molecular complexity index is 717. The van der Waals surface area contributed by atoms with Crippen molar-refractivity contribution >= 4 is 17.7 Å². The highest BCUT2D eigenvalue weighted by Crippen LogP contribution is 2.18. The Kier molecular flexibility index (Phi) is 6.63. The predicted octanol–water partition coefficient (Wildman–Crippen LogP) is 2.40. The van der Waals surface area contributed by atoms with Gasteiger partial charge in [-0.15, -0.1) is 16.8 Å². The van der Waals surface area contributed by atoms with E-state index in [1.54, 1.807) is 23.3 Å². The second-order valence-corrected chi connectivity index (χ2v) is 5.96. The van der Waals surface area contributed by atoms with Gasteiger partial charge in [0.05, 0.1) is 31.1 Å². The first-order valence-electron chi connectivity index (χ1n) is 7.46. The summed E-state index contributed by atoms with van der Waals surface area (Å²) in [6.45, 7) is 6.90. The summed E-state index contributed by atoms with van der Waals surface area (Å²) in [5.41, 5.74) is 0. The van der Waals surface area contributed by atoms with Crippen LogP contribution in [0.2, 0.25) is 0 Å². The summed E-state index contributed by atoms with van der Waals surface area (Å²) in [5.74, 6) is 1.62. The topological polar surface area (TPSA) is 88.0 Å². The smallest absolute Gasteiger partial charge is 0.233 e. The molecule has 2 aromatic rings. The van der Waals surface area contributed by atoms with Crippen LogP contribution < -0.4 is 0 Å². The van der Waals surface area contributed by atoms with Gasteiger partial charge in [-0.2, -0.15) is 5.26 Å². The minimum Gasteiger partial charge on any atom is -0.467 e. The van der Waals surface area contributed by atoms with Crippen molar-refractivity contribution in [3.05, 3.63) is 42.6 Å². The van der Waals surface area contributed by atoms with Crippen LogP contribution in [0.25, 0.3) is 0 Å². The fourth-order valence-electron chi connectivity index (χ4n) is 2.09. The molecule has 2 heterocycles. The Labute approximate surface area is 145 Å². The lowest BCUT2D eigenvalue weighted by molar-refractivity contribution is -0.129. The molecule has 0 radical (unpaired) electrons. The lowest BCUT2D eigenvalue weighted by Crippen LogP contribution is -2.32. The summed E-state index contributed by atoms with van der Waals surface area (Å²) < 4.78 is 7.19. The molecule has 0 aliphatic carbocycles. The molecular formula is C16H19N5O2S. The second kappa shape index (κ2) is 8.93. The summed E-state index contributed by atoms with van der Waals surface area (Å²) in [6.07, 6.45) is 3.61. The number of nitriles is 1. The molecule has 0 aliphatic heterocycles. The van der Waals surface area contributed by atoms with Gasteiger partial charge in [0.25, 0.3) is 0 Å². The number of aromatic nitrogens is 3. The van der Waals surface area contributed by atoms with Crippen LogP contribution in [0.1, 0.15) is 18.0 Å². The van der Waals surface area contributed by atoms with Crippen LogP contribution in [0, 0.1) is 18.3 Å². The third kappa shape index (κ3) is 4.73. The number of furan rings is 1. The first-order chi connectivity index (χ1) is 11.7. The highest BCUT2D eigenvalue weighted by Gasteiger charge is 2.17. The minimum absolute atomic E-state index is 0.0718. The Morgan fingerprint density at radius 3 is 3.08 bits per heavy atom. The van der Waals surface area contributed by atoms with Crippen molar-refractivity contribution in [2.75, 3.05) is 12.3 Å². The van der Waals surface area contributed by atoms with Crippen LogP contribution in [-0.2, 0) is 17.9 Å². The molecule has 0 bridgehead atoms. The Morgan fingerprint density at radius 2 is 2.42 bits per heavy atom. The van der Waals surface area contributed by atoms with E-state index in [1.807, 2.05) is 17.6 Å². The maximum absolute atomic E-state index is 12.5. The van der Waals surface area contributed by atoms with Crippen molar-refractivity contribution in [3.8, 4) is 6.07 Å². The number of hydrogen-bond acceptors (Lipinski definition) is 6. The summed E-state index contributed by atoms with van der Waals surface area (Å²) in [4.78, 5) is 14.1. The number of amides is 1. The van der Waals surface area contributed by atoms with Crippen molar-refractivity contribution in [2.24, 2.45) is 0 Å². The molecule has 1 amide bonds. The molecule has 0 N–H and O–H groups in total. The zero-order valence-electron chi connectivity index (χ0n) is 13.5. The Hall–Kier alpha value is -2.53. The predicted molar refractivity (Wildman–Crippen MR) is 90.0 cm³/mol. The van der Waals surface area contributed by atoms with Crippen LogP contribution in [0.5, 0.6) is 0 Å². The van der Waals surface area contributed by atoms with Gasteiger partial charge in [0.1, 0.15) is 11.6 Å². The maximum atomic E-state index is 12.5. The number of aryl methyl sites for hydroxylation is 1. The van der Waals surface area contributed by atoms with Gasteiger partial charge >= 0.3 is 0 Å². The largest absolute Gasteiger partial charge is 0.467 e. The number of thioether (sulfide) groups is 1. The van der Waals surface area contributed by atoms with Crippen molar-refractivity contribution in [3.63, 3.8) is 0 Å². The van der Waals surface area contributed by atoms with Gasteiger partial charge in [0, 0.05) is 13.1 Å². The maximum Gasteiger partial charge on any atom is 0.233 e. The van der Waals surface area contributed by atoms with Crippen LogP contribution in [0.15, 0.2) is 40.6 Å². The fourth-order valence-corrected chi connectivity index (χ4v) is 2.99. The third-order valence-electron chi connectivity index (χ3n) is 3.31. The average molecular weight is 345 g/mol. The van der Waals surface area contributed by atoms with Gasteiger partial charge in [0.2, 0.25) is 5.91 Å². The van der Waals surface area contributed by atoms with Crippen molar-refractivity contribution in [1.82, 2.24) is 19.7 Å². The van der Waals surface area contributed by atoms with Gasteiger partial charge < -0.3 is 13.9 Å². The number of carbonyl (C=O) groups is 1. The first-order valence-corrected chi connectivity index (χ1v) is 8.45. The molecule has 2 rings (SSSR count). The Morgan fingerprint density at radius 1 is 1.58 bits per heavy atom. The van der Waals surface area contributed by atoms with E-state index in [9.17, 15) is 4.79 Å². The highest BCUT2D eigenvalue weighted by atomic mass is 32.2. The summed E-state index contributed by atoms with van der Waals surface area (Å²) in [5, 5.41) is 17.6. The standard InChI is InChI=1S/C16H19N5O2S/c1-3-8-21-13(2)18-19-16(21)24-12-15(22)20(9-5-7-17)11-14-6-4-10-23-14/h3-4,6,10H,1,5,8-9,11-12H2,2H3. The zero-order chi connectivity index (χ0) is 17.4. The van der Waals surface area contributed by atoms with E-state index in [2.05, 4.69) is 22.8 Å². The van der Waals surface area contributed by atoms with Crippen molar-refractivity contribution in [1.29, 1.82) is 5.26 Å². The number of carbonyl (C=O) groups excluding carboxylic acids is 1. The van der Waals surface area contributed by atoms with E-state index in [0.29, 0.717) is 30.6 Å². The van der Waals surface area contributed by atoms with Gasteiger partial charge in [-0.3, -0.25) is 4.79 Å². The lowest BCUT2D eigenvalue weighted by atomic mass is 10.3. The molecule has 0 spiro atoms. The molecule has 0 fully saturated rings. The number of allylic oxidation sites excluding steroid dienone is 1. The van der Waals surface area contributed by atoms with E-state index in [1.165, 1.54) is 11.8 Å². The molecule has 8 heteroatoms. The average Bonchev–Trinajstić information content (AvgIpc) is 3.20. The van der Waals surface area contributed by atoms with Gasteiger partial charge in [0.15, 0.2) is 5.16 Å². The van der Waals surface area contributed by atoms with Gasteiger partial charge in [-0.1, -0.05) is 17.8 Å². The highest BCUT2D eigenvalue weighted by molar-refractivity contribution is 7.99. The summed E-state index contributed by atoms with van der Waals surface area (Å²) in [6, 6.07) is 5.65. The molecule has 2 aromatic heterocycles. The molecule has 0 saturated heterocycles. The fraction of sp³-hybridized carbons (Fsp3) is 0.375. The molecular weight excluding hydrogens is 326 g/mol. The van der Waals surface area contributed by atoms with E-state index < -0.39 is 0 Å². The third-order valence-corrected chi connectivity index (χ3v) is 4.26. The van der Waals surface area contributed by atoms with E-state index in [0.717, 1.165) is 5.82 Å². The summed E-state index contributed by atoms with van der Waals surface area (Å²) in [7, 11) is 0. The summed E-state index contributed by atoms with van der Waals surface area (Å²) >= 11 is 1.33. The minimum atomic E-state index is -0.0718. The number of nitrogens with zero attached hydrogens (tertiary/aromatic N) is 5. The lowest BCUT2D eigenvalue weighted by Gasteiger charge is -2.20. The van der Waals surface area contributed by atoms with Crippen LogP contribution in [0.3, 0.4) is 0 Å². The van der Waals surface area contributed by atoms with Crippen LogP contribution >= 0.6 is 11.8 Å². The zero-order valence-corrected chi connectivity index (χ0v) is 14.3. The van der Waals surface area contributed by atoms with Crippen molar-refractivity contribution in [2.45, 2.75) is 31.6 Å². The second-order valence-electron chi connectivity index (χ2n) is 5.02. The molecule has 0 unspecified atom stereocenters. The molecule has 126 valence electrons. The molecule has 0 aliphatic rings. The first kappa shape index (κ1) is 17.8. The van der Waals surface area contributed by atoms with Gasteiger partial charge in [-0.05, 0) is 19.1 Å². The molecule has 0 saturated carbocycles. The van der Waals surface area contributed by atoms with Gasteiger partial charge in [-0.25, -0.2) is 0 Å². The SMILES string of the molecule is C=CCn1c(C)nnc1SCC(=O)N(CCC#N)Cc1ccco1. The normalized spacial score (nSPS) is 10.3. The van der Waals surface area contributed by atoms with E-state index >= 15 is 0 Å². The van der Waals surface area contributed by atoms with E-state index in [4.69, 9.17) is 9.68 Å². The number of rotatable bonds is 9. The van der Waals surface area contributed by atoms with Crippen molar-refractivity contribution < 1.29 is 9.21 Å². The van der Waals surface area contributed by atoms with Crippen LogP contribution in [0.4, 0.5) is 0 Å². The molecule has 24 heavy (non-hydrogen) atoms.